The van der Waals surface area contributed by atoms with Crippen LogP contribution in [0.3, 0.4) is 0 Å². The molecule has 0 aliphatic rings. The molecule has 3 aromatic carbocycles. The molecule has 0 heterocycles. The monoisotopic (exact) mass is 446 g/mol. The van der Waals surface area contributed by atoms with Gasteiger partial charge in [-0.3, -0.25) is 0 Å². The highest BCUT2D eigenvalue weighted by molar-refractivity contribution is 7.91. The Morgan fingerprint density at radius 3 is 2.40 bits per heavy atom. The van der Waals surface area contributed by atoms with Crippen molar-refractivity contribution in [2.75, 3.05) is 16.4 Å². The van der Waals surface area contributed by atoms with Crippen molar-refractivity contribution < 1.29 is 17.6 Å². The van der Waals surface area contributed by atoms with Crippen molar-refractivity contribution in [1.29, 1.82) is 0 Å². The van der Waals surface area contributed by atoms with Crippen LogP contribution < -0.4 is 10.6 Å². The van der Waals surface area contributed by atoms with Gasteiger partial charge >= 0.3 is 6.03 Å². The van der Waals surface area contributed by atoms with Crippen LogP contribution in [-0.2, 0) is 9.84 Å². The molecule has 8 heteroatoms. The summed E-state index contributed by atoms with van der Waals surface area (Å²) in [4.78, 5) is 12.7. The Bertz CT molecular complexity index is 1170. The molecule has 30 heavy (non-hydrogen) atoms. The summed E-state index contributed by atoms with van der Waals surface area (Å²) >= 11 is 5.75. The van der Waals surface area contributed by atoms with Crippen molar-refractivity contribution in [1.82, 2.24) is 0 Å². The molecule has 2 N–H and O–H groups in total. The number of rotatable bonds is 6. The zero-order valence-corrected chi connectivity index (χ0v) is 17.7. The number of urea groups is 1. The van der Waals surface area contributed by atoms with Crippen molar-refractivity contribution in [3.63, 3.8) is 0 Å². The van der Waals surface area contributed by atoms with Gasteiger partial charge in [-0.25, -0.2) is 17.6 Å². The highest BCUT2D eigenvalue weighted by Crippen LogP contribution is 2.31. The Kier molecular flexibility index (Phi) is 6.74. The molecule has 5 nitrogen and oxygen atoms in total. The van der Waals surface area contributed by atoms with Crippen molar-refractivity contribution >= 4 is 38.8 Å². The zero-order valence-electron chi connectivity index (χ0n) is 16.2. The maximum Gasteiger partial charge on any atom is 0.323 e. The first-order chi connectivity index (χ1) is 14.3. The summed E-state index contributed by atoms with van der Waals surface area (Å²) < 4.78 is 38.3. The van der Waals surface area contributed by atoms with Crippen molar-refractivity contribution in [3.05, 3.63) is 77.6 Å². The first-order valence-electron chi connectivity index (χ1n) is 9.25. The van der Waals surface area contributed by atoms with Gasteiger partial charge in [-0.15, -0.1) is 0 Å². The van der Waals surface area contributed by atoms with E-state index in [9.17, 15) is 17.6 Å². The minimum atomic E-state index is -3.47. The Hall–Kier alpha value is -2.90. The van der Waals surface area contributed by atoms with Gasteiger partial charge in [0.2, 0.25) is 0 Å². The summed E-state index contributed by atoms with van der Waals surface area (Å²) in [6, 6.07) is 17.1. The number of carbonyl (C=O) groups is 1. The van der Waals surface area contributed by atoms with Crippen LogP contribution in [0.15, 0.2) is 71.6 Å². The van der Waals surface area contributed by atoms with Crippen LogP contribution in [0.1, 0.15) is 13.3 Å². The first-order valence-corrected chi connectivity index (χ1v) is 11.3. The molecule has 0 spiro atoms. The predicted octanol–water partition coefficient (Wildman–Crippen LogP) is 5.97. The summed E-state index contributed by atoms with van der Waals surface area (Å²) in [6.07, 6.45) is 0.483. The number of amides is 2. The van der Waals surface area contributed by atoms with Gasteiger partial charge in [0.25, 0.3) is 0 Å². The van der Waals surface area contributed by atoms with E-state index >= 15 is 0 Å². The van der Waals surface area contributed by atoms with Gasteiger partial charge in [0, 0.05) is 11.3 Å². The maximum absolute atomic E-state index is 13.3. The first kappa shape index (κ1) is 21.8. The minimum absolute atomic E-state index is 0.0113. The van der Waals surface area contributed by atoms with Gasteiger partial charge in [-0.2, -0.15) is 0 Å². The molecule has 0 aliphatic carbocycles. The van der Waals surface area contributed by atoms with E-state index in [4.69, 9.17) is 11.6 Å². The van der Waals surface area contributed by atoms with Crippen LogP contribution in [0, 0.1) is 5.82 Å². The lowest BCUT2D eigenvalue weighted by molar-refractivity contribution is 0.262. The number of carbonyl (C=O) groups excluding carboxylic acids is 1. The quantitative estimate of drug-likeness (QED) is 0.489. The summed E-state index contributed by atoms with van der Waals surface area (Å²) in [6.45, 7) is 1.79. The van der Waals surface area contributed by atoms with Gasteiger partial charge in [-0.1, -0.05) is 54.9 Å². The number of anilines is 2. The molecular weight excluding hydrogens is 427 g/mol. The molecule has 0 radical (unpaired) electrons. The van der Waals surface area contributed by atoms with E-state index in [1.165, 1.54) is 24.3 Å². The second kappa shape index (κ2) is 9.28. The van der Waals surface area contributed by atoms with Crippen LogP contribution in [0.4, 0.5) is 20.6 Å². The average Bonchev–Trinajstić information content (AvgIpc) is 2.71. The zero-order chi connectivity index (χ0) is 21.7. The number of benzene rings is 3. The molecule has 3 aromatic rings. The molecule has 0 aromatic heterocycles. The number of hydrogen-bond acceptors (Lipinski definition) is 3. The Balaban J connectivity index is 1.95. The van der Waals surface area contributed by atoms with E-state index in [0.29, 0.717) is 23.4 Å². The third kappa shape index (κ3) is 5.17. The fraction of sp³-hybridized carbons (Fsp3) is 0.136. The molecule has 156 valence electrons. The Morgan fingerprint density at radius 1 is 1.00 bits per heavy atom. The lowest BCUT2D eigenvalue weighted by atomic mass is 10.0. The molecule has 0 bridgehead atoms. The third-order valence-electron chi connectivity index (χ3n) is 4.33. The normalized spacial score (nSPS) is 11.2. The molecule has 0 saturated heterocycles. The third-order valence-corrected chi connectivity index (χ3v) is 6.54. The van der Waals surface area contributed by atoms with Crippen LogP contribution >= 0.6 is 11.6 Å². The summed E-state index contributed by atoms with van der Waals surface area (Å²) in [5, 5.41) is 5.14. The standard InChI is InChI=1S/C22H20ClFN2O3S/c1-2-12-30(28,29)17-9-10-18(15-6-4-3-5-7-15)21(14-17)26-22(27)25-16-8-11-20(24)19(23)13-16/h3-11,13-14H,2,12H2,1H3,(H2,25,26,27). The van der Waals surface area contributed by atoms with Crippen LogP contribution in [-0.4, -0.2) is 20.2 Å². The smallest absolute Gasteiger partial charge is 0.308 e. The van der Waals surface area contributed by atoms with Gasteiger partial charge in [0.1, 0.15) is 5.82 Å². The molecule has 0 aliphatic heterocycles. The van der Waals surface area contributed by atoms with Crippen LogP contribution in [0.2, 0.25) is 5.02 Å². The Morgan fingerprint density at radius 2 is 1.73 bits per heavy atom. The van der Waals surface area contributed by atoms with E-state index in [2.05, 4.69) is 10.6 Å². The summed E-state index contributed by atoms with van der Waals surface area (Å²) in [5.74, 6) is -0.583. The SMILES string of the molecule is CCCS(=O)(=O)c1ccc(-c2ccccc2)c(NC(=O)Nc2ccc(F)c(Cl)c2)c1. The molecule has 0 atom stereocenters. The van der Waals surface area contributed by atoms with Crippen LogP contribution in [0.5, 0.6) is 0 Å². The van der Waals surface area contributed by atoms with Gasteiger partial charge in [0.15, 0.2) is 9.84 Å². The van der Waals surface area contributed by atoms with Crippen molar-refractivity contribution in [2.45, 2.75) is 18.2 Å². The second-order valence-electron chi connectivity index (χ2n) is 6.60. The average molecular weight is 447 g/mol. The fourth-order valence-electron chi connectivity index (χ4n) is 2.93. The molecular formula is C22H20ClFN2O3S. The minimum Gasteiger partial charge on any atom is -0.308 e. The van der Waals surface area contributed by atoms with E-state index in [1.807, 2.05) is 30.3 Å². The van der Waals surface area contributed by atoms with E-state index in [0.717, 1.165) is 11.6 Å². The van der Waals surface area contributed by atoms with Crippen LogP contribution in [0.25, 0.3) is 11.1 Å². The van der Waals surface area contributed by atoms with Gasteiger partial charge < -0.3 is 10.6 Å². The van der Waals surface area contributed by atoms with Gasteiger partial charge in [-0.05, 0) is 42.3 Å². The van der Waals surface area contributed by atoms with E-state index < -0.39 is 21.7 Å². The predicted molar refractivity (Wildman–Crippen MR) is 118 cm³/mol. The summed E-state index contributed by atoms with van der Waals surface area (Å²) in [5.41, 5.74) is 2.12. The highest BCUT2D eigenvalue weighted by atomic mass is 35.5. The lowest BCUT2D eigenvalue weighted by Crippen LogP contribution is -2.20. The Labute approximate surface area is 179 Å². The molecule has 0 unspecified atom stereocenters. The number of halogens is 2. The van der Waals surface area contributed by atoms with Gasteiger partial charge in [0.05, 0.1) is 21.4 Å². The highest BCUT2D eigenvalue weighted by Gasteiger charge is 2.17. The second-order valence-corrected chi connectivity index (χ2v) is 9.12. The molecule has 3 rings (SSSR count). The topological polar surface area (TPSA) is 75.3 Å². The van der Waals surface area contributed by atoms with E-state index in [-0.39, 0.29) is 15.7 Å². The van der Waals surface area contributed by atoms with Crippen molar-refractivity contribution in [2.24, 2.45) is 0 Å². The molecule has 0 saturated carbocycles. The molecule has 2 amide bonds. The molecule has 0 fully saturated rings. The maximum atomic E-state index is 13.3. The van der Waals surface area contributed by atoms with E-state index in [1.54, 1.807) is 13.0 Å². The number of hydrogen-bond donors (Lipinski definition) is 2. The van der Waals surface area contributed by atoms with Crippen molar-refractivity contribution in [3.8, 4) is 11.1 Å². The largest absolute Gasteiger partial charge is 0.323 e. The number of sulfone groups is 1. The lowest BCUT2D eigenvalue weighted by Gasteiger charge is -2.14. The number of nitrogens with one attached hydrogen (secondary N) is 2. The fourth-order valence-corrected chi connectivity index (χ4v) is 4.46. The summed E-state index contributed by atoms with van der Waals surface area (Å²) in [7, 11) is -3.47.